The maximum absolute atomic E-state index is 8.82. The van der Waals surface area contributed by atoms with Gasteiger partial charge in [0.1, 0.15) is 0 Å². The van der Waals surface area contributed by atoms with Gasteiger partial charge >= 0.3 is 0 Å². The van der Waals surface area contributed by atoms with Crippen LogP contribution in [0.15, 0.2) is 28.7 Å². The molecule has 1 unspecified atom stereocenters. The second kappa shape index (κ2) is 6.26. The molecule has 1 atom stereocenters. The Morgan fingerprint density at radius 1 is 1.47 bits per heavy atom. The lowest BCUT2D eigenvalue weighted by molar-refractivity contribution is 0.216. The minimum atomic E-state index is 0.224. The van der Waals surface area contributed by atoms with Crippen molar-refractivity contribution >= 4 is 15.9 Å². The number of hydrogen-bond acceptors (Lipinski definition) is 2. The zero-order valence-electron chi connectivity index (χ0n) is 9.28. The Balaban J connectivity index is 2.56. The van der Waals surface area contributed by atoms with Crippen LogP contribution in [0, 0.1) is 0 Å². The molecule has 1 N–H and O–H groups in total. The molecular formula is C12H18BrNO. The van der Waals surface area contributed by atoms with E-state index in [0.29, 0.717) is 5.92 Å². The maximum Gasteiger partial charge on any atom is 0.0558 e. The monoisotopic (exact) mass is 271 g/mol. The molecule has 3 heteroatoms. The molecule has 0 bridgehead atoms. The number of nitrogens with zero attached hydrogens (tertiary/aromatic N) is 1. The molecular weight excluding hydrogens is 254 g/mol. The van der Waals surface area contributed by atoms with E-state index in [9.17, 15) is 0 Å². The predicted octanol–water partition coefficient (Wildman–Crippen LogP) is 2.48. The van der Waals surface area contributed by atoms with Gasteiger partial charge in [-0.3, -0.25) is 0 Å². The molecule has 0 spiro atoms. The van der Waals surface area contributed by atoms with Gasteiger partial charge in [0.05, 0.1) is 6.61 Å². The third-order valence-electron chi connectivity index (χ3n) is 2.48. The molecule has 84 valence electrons. The molecule has 0 saturated heterocycles. The van der Waals surface area contributed by atoms with Gasteiger partial charge in [-0.2, -0.15) is 0 Å². The Morgan fingerprint density at radius 3 is 2.80 bits per heavy atom. The van der Waals surface area contributed by atoms with Crippen LogP contribution in [0.5, 0.6) is 0 Å². The minimum absolute atomic E-state index is 0.224. The van der Waals surface area contributed by atoms with Crippen LogP contribution in [0.3, 0.4) is 0 Å². The van der Waals surface area contributed by atoms with Crippen LogP contribution in [0.25, 0.3) is 0 Å². The largest absolute Gasteiger partial charge is 0.395 e. The molecule has 0 radical (unpaired) electrons. The molecule has 0 heterocycles. The van der Waals surface area contributed by atoms with Crippen LogP contribution in [-0.4, -0.2) is 36.8 Å². The van der Waals surface area contributed by atoms with E-state index in [1.807, 2.05) is 13.1 Å². The topological polar surface area (TPSA) is 23.5 Å². The van der Waals surface area contributed by atoms with E-state index in [2.05, 4.69) is 46.0 Å². The summed E-state index contributed by atoms with van der Waals surface area (Å²) < 4.78 is 1.12. The van der Waals surface area contributed by atoms with Gasteiger partial charge in [0, 0.05) is 17.6 Å². The fourth-order valence-electron chi connectivity index (χ4n) is 1.65. The highest BCUT2D eigenvalue weighted by Crippen LogP contribution is 2.20. The number of benzene rings is 1. The number of aliphatic hydroxyl groups excluding tert-OH is 1. The standard InChI is InChI=1S/C12H18BrNO/c1-10(9-14(2)6-7-15)11-4-3-5-12(13)8-11/h3-5,8,10,15H,6-7,9H2,1-2H3. The van der Waals surface area contributed by atoms with Crippen molar-refractivity contribution in [2.45, 2.75) is 12.8 Å². The van der Waals surface area contributed by atoms with Gasteiger partial charge in [-0.1, -0.05) is 35.0 Å². The van der Waals surface area contributed by atoms with Crippen LogP contribution in [-0.2, 0) is 0 Å². The summed E-state index contributed by atoms with van der Waals surface area (Å²) in [4.78, 5) is 2.14. The van der Waals surface area contributed by atoms with Crippen LogP contribution in [0.2, 0.25) is 0 Å². The van der Waals surface area contributed by atoms with E-state index in [1.54, 1.807) is 0 Å². The summed E-state index contributed by atoms with van der Waals surface area (Å²) in [6.45, 7) is 4.13. The average Bonchev–Trinajstić information content (AvgIpc) is 2.18. The van der Waals surface area contributed by atoms with Crippen LogP contribution in [0.1, 0.15) is 18.4 Å². The molecule has 1 rings (SSSR count). The van der Waals surface area contributed by atoms with E-state index in [1.165, 1.54) is 5.56 Å². The third kappa shape index (κ3) is 4.33. The Labute approximate surface area is 100 Å². The van der Waals surface area contributed by atoms with Crippen LogP contribution < -0.4 is 0 Å². The fraction of sp³-hybridized carbons (Fsp3) is 0.500. The summed E-state index contributed by atoms with van der Waals surface area (Å²) in [6.07, 6.45) is 0. The van der Waals surface area contributed by atoms with Crippen LogP contribution >= 0.6 is 15.9 Å². The molecule has 15 heavy (non-hydrogen) atoms. The summed E-state index contributed by atoms with van der Waals surface area (Å²) in [7, 11) is 2.03. The first kappa shape index (κ1) is 12.7. The summed E-state index contributed by atoms with van der Waals surface area (Å²) >= 11 is 3.47. The zero-order valence-corrected chi connectivity index (χ0v) is 10.9. The van der Waals surface area contributed by atoms with Crippen molar-refractivity contribution in [3.63, 3.8) is 0 Å². The van der Waals surface area contributed by atoms with Crippen molar-refractivity contribution in [3.05, 3.63) is 34.3 Å². The van der Waals surface area contributed by atoms with Crippen LogP contribution in [0.4, 0.5) is 0 Å². The second-order valence-electron chi connectivity index (χ2n) is 3.94. The van der Waals surface area contributed by atoms with Gasteiger partial charge in [-0.15, -0.1) is 0 Å². The summed E-state index contributed by atoms with van der Waals surface area (Å²) in [6, 6.07) is 8.38. The zero-order chi connectivity index (χ0) is 11.3. The van der Waals surface area contributed by atoms with E-state index >= 15 is 0 Å². The second-order valence-corrected chi connectivity index (χ2v) is 4.86. The first-order valence-electron chi connectivity index (χ1n) is 5.18. The summed E-state index contributed by atoms with van der Waals surface area (Å²) in [5, 5.41) is 8.82. The normalized spacial score (nSPS) is 13.1. The highest BCUT2D eigenvalue weighted by molar-refractivity contribution is 9.10. The molecule has 0 fully saturated rings. The van der Waals surface area contributed by atoms with E-state index in [4.69, 9.17) is 5.11 Å². The maximum atomic E-state index is 8.82. The molecule has 0 aromatic heterocycles. The molecule has 0 aliphatic heterocycles. The SMILES string of the molecule is CC(CN(C)CCO)c1cccc(Br)c1. The lowest BCUT2D eigenvalue weighted by Crippen LogP contribution is -2.26. The number of halogens is 1. The van der Waals surface area contributed by atoms with Gasteiger partial charge in [0.25, 0.3) is 0 Å². The Morgan fingerprint density at radius 2 is 2.20 bits per heavy atom. The number of likely N-dealkylation sites (N-methyl/N-ethyl adjacent to an activating group) is 1. The van der Waals surface area contributed by atoms with Crippen molar-refractivity contribution < 1.29 is 5.11 Å². The number of hydrogen-bond donors (Lipinski definition) is 1. The summed E-state index contributed by atoms with van der Waals surface area (Å²) in [5.41, 5.74) is 1.33. The lowest BCUT2D eigenvalue weighted by atomic mass is 10.0. The van der Waals surface area contributed by atoms with Gasteiger partial charge < -0.3 is 10.0 Å². The third-order valence-corrected chi connectivity index (χ3v) is 2.98. The fourth-order valence-corrected chi connectivity index (χ4v) is 2.06. The first-order valence-corrected chi connectivity index (χ1v) is 5.97. The number of aliphatic hydroxyl groups is 1. The van der Waals surface area contributed by atoms with Gasteiger partial charge in [0.15, 0.2) is 0 Å². The van der Waals surface area contributed by atoms with Gasteiger partial charge in [0.2, 0.25) is 0 Å². The van der Waals surface area contributed by atoms with Crippen molar-refractivity contribution in [1.82, 2.24) is 4.90 Å². The molecule has 0 amide bonds. The average molecular weight is 272 g/mol. The van der Waals surface area contributed by atoms with Crippen molar-refractivity contribution in [3.8, 4) is 0 Å². The molecule has 1 aromatic carbocycles. The molecule has 1 aromatic rings. The summed E-state index contributed by atoms with van der Waals surface area (Å²) in [5.74, 6) is 0.485. The highest BCUT2D eigenvalue weighted by Gasteiger charge is 2.08. The van der Waals surface area contributed by atoms with Gasteiger partial charge in [-0.25, -0.2) is 0 Å². The molecule has 2 nitrogen and oxygen atoms in total. The van der Waals surface area contributed by atoms with Crippen molar-refractivity contribution in [2.24, 2.45) is 0 Å². The Bertz CT molecular complexity index is 303. The van der Waals surface area contributed by atoms with Crippen molar-refractivity contribution in [1.29, 1.82) is 0 Å². The van der Waals surface area contributed by atoms with E-state index in [0.717, 1.165) is 17.6 Å². The quantitative estimate of drug-likeness (QED) is 0.890. The smallest absolute Gasteiger partial charge is 0.0558 e. The van der Waals surface area contributed by atoms with Gasteiger partial charge in [-0.05, 0) is 30.7 Å². The first-order chi connectivity index (χ1) is 7.13. The number of rotatable bonds is 5. The predicted molar refractivity (Wildman–Crippen MR) is 67.1 cm³/mol. The Hall–Kier alpha value is -0.380. The Kier molecular flexibility index (Phi) is 5.29. The lowest BCUT2D eigenvalue weighted by Gasteiger charge is -2.20. The van der Waals surface area contributed by atoms with Crippen molar-refractivity contribution in [2.75, 3.05) is 26.7 Å². The van der Waals surface area contributed by atoms with E-state index in [-0.39, 0.29) is 6.61 Å². The minimum Gasteiger partial charge on any atom is -0.395 e. The molecule has 0 aliphatic carbocycles. The van der Waals surface area contributed by atoms with E-state index < -0.39 is 0 Å². The molecule has 0 aliphatic rings. The molecule has 0 saturated carbocycles. The highest BCUT2D eigenvalue weighted by atomic mass is 79.9.